The Morgan fingerprint density at radius 2 is 2.04 bits per heavy atom. The lowest BCUT2D eigenvalue weighted by atomic mass is 10.1. The molecule has 0 fully saturated rings. The van der Waals surface area contributed by atoms with E-state index < -0.39 is 6.10 Å². The molecule has 1 heterocycles. The van der Waals surface area contributed by atoms with Gasteiger partial charge in [0.05, 0.1) is 20.6 Å². The van der Waals surface area contributed by atoms with Crippen molar-refractivity contribution in [1.82, 2.24) is 5.32 Å². The quantitative estimate of drug-likeness (QED) is 0.575. The third-order valence-electron chi connectivity index (χ3n) is 4.14. The second kappa shape index (κ2) is 8.16. The molecule has 1 aromatic carbocycles. The van der Waals surface area contributed by atoms with Crippen LogP contribution in [0.1, 0.15) is 24.5 Å². The highest BCUT2D eigenvalue weighted by atomic mass is 16.5. The van der Waals surface area contributed by atoms with Crippen LogP contribution in [-0.4, -0.2) is 39.2 Å². The van der Waals surface area contributed by atoms with Crippen LogP contribution in [0.5, 0.6) is 5.75 Å². The van der Waals surface area contributed by atoms with Gasteiger partial charge in [0.15, 0.2) is 6.10 Å². The van der Waals surface area contributed by atoms with Crippen LogP contribution in [0.2, 0.25) is 0 Å². The molecule has 136 valence electrons. The predicted molar refractivity (Wildman–Crippen MR) is 97.4 cm³/mol. The van der Waals surface area contributed by atoms with Gasteiger partial charge >= 0.3 is 5.63 Å². The van der Waals surface area contributed by atoms with Gasteiger partial charge in [0.2, 0.25) is 0 Å². The van der Waals surface area contributed by atoms with Gasteiger partial charge in [0, 0.05) is 30.0 Å². The molecule has 1 amide bonds. The standard InChI is InChI=1S/C19H26N2O4/c1-12-11-17(22)25-18-13(2)16(8-7-15(12)18)24-14(3)19(23)20-9-6-10-21(4)5/h7-8,11,14H,6,9-10H2,1-5H3,(H,20,23)/p+1/t14-/m0/s1. The van der Waals surface area contributed by atoms with E-state index in [-0.39, 0.29) is 11.5 Å². The number of quaternary nitrogens is 1. The number of aryl methyl sites for hydroxylation is 2. The summed E-state index contributed by atoms with van der Waals surface area (Å²) >= 11 is 0. The third-order valence-corrected chi connectivity index (χ3v) is 4.14. The van der Waals surface area contributed by atoms with E-state index in [0.29, 0.717) is 23.4 Å². The summed E-state index contributed by atoms with van der Waals surface area (Å²) in [7, 11) is 4.16. The van der Waals surface area contributed by atoms with Crippen LogP contribution in [0, 0.1) is 13.8 Å². The van der Waals surface area contributed by atoms with E-state index in [9.17, 15) is 9.59 Å². The molecule has 25 heavy (non-hydrogen) atoms. The second-order valence-electron chi connectivity index (χ2n) is 6.68. The molecule has 6 heteroatoms. The number of benzene rings is 1. The lowest BCUT2D eigenvalue weighted by Crippen LogP contribution is -3.05. The first-order valence-electron chi connectivity index (χ1n) is 8.57. The van der Waals surface area contributed by atoms with Gasteiger partial charge in [-0.05, 0) is 38.5 Å². The van der Waals surface area contributed by atoms with Crippen LogP contribution in [-0.2, 0) is 4.79 Å². The highest BCUT2D eigenvalue weighted by molar-refractivity contribution is 5.85. The largest absolute Gasteiger partial charge is 0.480 e. The molecule has 2 rings (SSSR count). The molecule has 0 unspecified atom stereocenters. The van der Waals surface area contributed by atoms with Crippen molar-refractivity contribution in [3.05, 3.63) is 39.7 Å². The fraction of sp³-hybridized carbons (Fsp3) is 0.474. The Morgan fingerprint density at radius 1 is 1.32 bits per heavy atom. The van der Waals surface area contributed by atoms with E-state index in [2.05, 4.69) is 19.4 Å². The summed E-state index contributed by atoms with van der Waals surface area (Å²) in [4.78, 5) is 25.1. The Balaban J connectivity index is 2.08. The highest BCUT2D eigenvalue weighted by Crippen LogP contribution is 2.28. The lowest BCUT2D eigenvalue weighted by Gasteiger charge is -2.17. The van der Waals surface area contributed by atoms with Crippen molar-refractivity contribution in [1.29, 1.82) is 0 Å². The molecule has 1 atom stereocenters. The molecular formula is C19H27N2O4+. The first kappa shape index (κ1) is 19.0. The Kier molecular flexibility index (Phi) is 6.20. The highest BCUT2D eigenvalue weighted by Gasteiger charge is 2.17. The summed E-state index contributed by atoms with van der Waals surface area (Å²) in [5.74, 6) is 0.389. The Morgan fingerprint density at radius 3 is 2.72 bits per heavy atom. The summed E-state index contributed by atoms with van der Waals surface area (Å²) < 4.78 is 11.1. The third kappa shape index (κ3) is 4.82. The van der Waals surface area contributed by atoms with Crippen LogP contribution in [0.4, 0.5) is 0 Å². The SMILES string of the molecule is Cc1cc(=O)oc2c(C)c(O[C@@H](C)C(=O)NCCC[NH+](C)C)ccc12. The molecule has 1 aromatic heterocycles. The van der Waals surface area contributed by atoms with Crippen LogP contribution >= 0.6 is 0 Å². The van der Waals surface area contributed by atoms with Gasteiger partial charge in [0.1, 0.15) is 11.3 Å². The molecule has 2 aromatic rings. The van der Waals surface area contributed by atoms with Crippen molar-refractivity contribution in [3.63, 3.8) is 0 Å². The molecule has 0 radical (unpaired) electrons. The van der Waals surface area contributed by atoms with Gasteiger partial charge in [0.25, 0.3) is 5.91 Å². The minimum atomic E-state index is -0.626. The fourth-order valence-electron chi connectivity index (χ4n) is 2.67. The number of hydrogen-bond acceptors (Lipinski definition) is 4. The van der Waals surface area contributed by atoms with Gasteiger partial charge in [-0.1, -0.05) is 0 Å². The van der Waals surface area contributed by atoms with Crippen molar-refractivity contribution in [2.45, 2.75) is 33.3 Å². The number of fused-ring (bicyclic) bond motifs is 1. The summed E-state index contributed by atoms with van der Waals surface area (Å²) in [6.45, 7) is 7.03. The number of nitrogens with one attached hydrogen (secondary N) is 2. The number of ether oxygens (including phenoxy) is 1. The number of rotatable bonds is 7. The topological polar surface area (TPSA) is 73.0 Å². The minimum Gasteiger partial charge on any atom is -0.480 e. The first-order chi connectivity index (χ1) is 11.8. The maximum atomic E-state index is 12.2. The molecule has 0 spiro atoms. The monoisotopic (exact) mass is 347 g/mol. The molecule has 0 saturated heterocycles. The Hall–Kier alpha value is -2.34. The number of amides is 1. The maximum absolute atomic E-state index is 12.2. The Labute approximate surface area is 147 Å². The average molecular weight is 347 g/mol. The van der Waals surface area contributed by atoms with E-state index in [1.165, 1.54) is 11.0 Å². The van der Waals surface area contributed by atoms with Gasteiger partial charge in [-0.25, -0.2) is 4.79 Å². The molecular weight excluding hydrogens is 320 g/mol. The van der Waals surface area contributed by atoms with Crippen LogP contribution in [0.3, 0.4) is 0 Å². The van der Waals surface area contributed by atoms with Gasteiger partial charge in [-0.2, -0.15) is 0 Å². The zero-order chi connectivity index (χ0) is 18.6. The zero-order valence-electron chi connectivity index (χ0n) is 15.6. The summed E-state index contributed by atoms with van der Waals surface area (Å²) in [6, 6.07) is 5.12. The van der Waals surface area contributed by atoms with E-state index in [4.69, 9.17) is 9.15 Å². The zero-order valence-corrected chi connectivity index (χ0v) is 15.6. The van der Waals surface area contributed by atoms with E-state index >= 15 is 0 Å². The molecule has 0 saturated carbocycles. The minimum absolute atomic E-state index is 0.154. The van der Waals surface area contributed by atoms with Crippen LogP contribution in [0.25, 0.3) is 11.0 Å². The van der Waals surface area contributed by atoms with Crippen molar-refractivity contribution in [2.75, 3.05) is 27.2 Å². The number of carbonyl (C=O) groups excluding carboxylic acids is 1. The number of carbonyl (C=O) groups is 1. The summed E-state index contributed by atoms with van der Waals surface area (Å²) in [5, 5.41) is 3.75. The first-order valence-corrected chi connectivity index (χ1v) is 8.57. The van der Waals surface area contributed by atoms with E-state index in [1.54, 1.807) is 6.92 Å². The molecule has 6 nitrogen and oxygen atoms in total. The molecule has 0 aliphatic carbocycles. The molecule has 0 aliphatic heterocycles. The van der Waals surface area contributed by atoms with Gasteiger partial charge in [-0.3, -0.25) is 4.79 Å². The molecule has 0 bridgehead atoms. The van der Waals surface area contributed by atoms with Crippen molar-refractivity contribution >= 4 is 16.9 Å². The van der Waals surface area contributed by atoms with E-state index in [0.717, 1.165) is 23.9 Å². The average Bonchev–Trinajstić information content (AvgIpc) is 2.54. The lowest BCUT2D eigenvalue weighted by molar-refractivity contribution is -0.858. The van der Waals surface area contributed by atoms with Gasteiger partial charge in [-0.15, -0.1) is 0 Å². The Bertz CT molecular complexity index is 811. The van der Waals surface area contributed by atoms with Crippen molar-refractivity contribution in [2.24, 2.45) is 0 Å². The summed E-state index contributed by atoms with van der Waals surface area (Å²) in [6.07, 6.45) is 0.291. The molecule has 2 N–H and O–H groups in total. The van der Waals surface area contributed by atoms with Crippen LogP contribution < -0.4 is 20.6 Å². The molecule has 0 aliphatic rings. The van der Waals surface area contributed by atoms with Crippen molar-refractivity contribution in [3.8, 4) is 5.75 Å². The summed E-state index contributed by atoms with van der Waals surface area (Å²) in [5.41, 5.74) is 1.69. The fourth-order valence-corrected chi connectivity index (χ4v) is 2.67. The van der Waals surface area contributed by atoms with Crippen LogP contribution in [0.15, 0.2) is 27.4 Å². The number of hydrogen-bond donors (Lipinski definition) is 2. The van der Waals surface area contributed by atoms with Crippen molar-refractivity contribution < 1.29 is 18.8 Å². The second-order valence-corrected chi connectivity index (χ2v) is 6.68. The van der Waals surface area contributed by atoms with E-state index in [1.807, 2.05) is 26.0 Å². The smallest absolute Gasteiger partial charge is 0.336 e. The maximum Gasteiger partial charge on any atom is 0.336 e. The normalized spacial score (nSPS) is 12.4. The van der Waals surface area contributed by atoms with Gasteiger partial charge < -0.3 is 19.4 Å². The predicted octanol–water partition coefficient (Wildman–Crippen LogP) is 0.828.